The highest BCUT2D eigenvalue weighted by Crippen LogP contribution is 2.48. The molecule has 16 heteroatoms. The summed E-state index contributed by atoms with van der Waals surface area (Å²) in [5.74, 6) is -1.75. The molecular weight excluding hydrogens is 609 g/mol. The van der Waals surface area contributed by atoms with Gasteiger partial charge < -0.3 is 20.3 Å². The van der Waals surface area contributed by atoms with Crippen molar-refractivity contribution in [2.24, 2.45) is 11.8 Å². The largest absolute Gasteiger partial charge is 0.477 e. The van der Waals surface area contributed by atoms with Crippen molar-refractivity contribution < 1.29 is 41.0 Å². The third-order valence-electron chi connectivity index (χ3n) is 6.94. The molecule has 40 heavy (non-hydrogen) atoms. The average molecular weight is 627 g/mol. The molecule has 0 radical (unpaired) electrons. The van der Waals surface area contributed by atoms with E-state index >= 15 is 0 Å². The number of carbonyl (C=O) groups excluding carboxylic acids is 1. The summed E-state index contributed by atoms with van der Waals surface area (Å²) in [5.41, 5.74) is -2.80. The van der Waals surface area contributed by atoms with Gasteiger partial charge in [0.15, 0.2) is 5.13 Å². The maximum absolute atomic E-state index is 13.3. The predicted octanol–water partition coefficient (Wildman–Crippen LogP) is 6.28. The van der Waals surface area contributed by atoms with Crippen LogP contribution in [-0.4, -0.2) is 46.1 Å². The second-order valence-corrected chi connectivity index (χ2v) is 11.4. The third kappa shape index (κ3) is 5.36. The molecule has 1 aromatic carbocycles. The number of carboxylic acids is 1. The van der Waals surface area contributed by atoms with Gasteiger partial charge >= 0.3 is 18.3 Å². The first-order chi connectivity index (χ1) is 18.5. The fourth-order valence-electron chi connectivity index (χ4n) is 4.92. The number of carboxylic acid groups (broad SMARTS) is 1. The number of aromatic amines is 1. The number of rotatable bonds is 6. The summed E-state index contributed by atoms with van der Waals surface area (Å²) in [6, 6.07) is 0.970. The Bertz CT molecular complexity index is 1470. The summed E-state index contributed by atoms with van der Waals surface area (Å²) in [7, 11) is 0. The predicted molar refractivity (Wildman–Crippen MR) is 134 cm³/mol. The zero-order valence-corrected chi connectivity index (χ0v) is 22.5. The summed E-state index contributed by atoms with van der Waals surface area (Å²) in [6.45, 7) is 2.51. The monoisotopic (exact) mass is 626 g/mol. The molecule has 1 saturated heterocycles. The number of nitrogens with one attached hydrogen (secondary N) is 2. The summed E-state index contributed by atoms with van der Waals surface area (Å²) in [4.78, 5) is 33.1. The van der Waals surface area contributed by atoms with Crippen LogP contribution in [0.2, 0.25) is 10.0 Å². The van der Waals surface area contributed by atoms with Gasteiger partial charge in [0.25, 0.3) is 5.91 Å². The van der Waals surface area contributed by atoms with Gasteiger partial charge in [-0.25, -0.2) is 9.78 Å². The number of alkyl halides is 6. The third-order valence-corrected chi connectivity index (χ3v) is 9.04. The Morgan fingerprint density at radius 2 is 1.65 bits per heavy atom. The number of amides is 1. The Morgan fingerprint density at radius 1 is 1.07 bits per heavy atom. The van der Waals surface area contributed by atoms with Gasteiger partial charge in [-0.1, -0.05) is 34.5 Å². The molecular formula is C24H18Cl2F6N4O3S. The highest BCUT2D eigenvalue weighted by atomic mass is 35.5. The number of benzene rings is 1. The van der Waals surface area contributed by atoms with Crippen molar-refractivity contribution in [3.8, 4) is 0 Å². The maximum Gasteiger partial charge on any atom is 0.416 e. The number of aromatic carboxylic acids is 1. The number of carbonyl (C=O) groups is 2. The number of aromatic nitrogens is 2. The first-order valence-electron chi connectivity index (χ1n) is 11.6. The summed E-state index contributed by atoms with van der Waals surface area (Å²) >= 11 is 12.9. The van der Waals surface area contributed by atoms with Crippen LogP contribution in [0.25, 0.3) is 0 Å². The van der Waals surface area contributed by atoms with Crippen LogP contribution in [0.3, 0.4) is 0 Å². The van der Waals surface area contributed by atoms with E-state index in [1.54, 1.807) is 11.8 Å². The van der Waals surface area contributed by atoms with Crippen molar-refractivity contribution >= 4 is 51.5 Å². The van der Waals surface area contributed by atoms with Gasteiger partial charge in [0.2, 0.25) is 0 Å². The van der Waals surface area contributed by atoms with Gasteiger partial charge in [0.05, 0.1) is 26.9 Å². The van der Waals surface area contributed by atoms with E-state index in [0.717, 1.165) is 11.3 Å². The van der Waals surface area contributed by atoms with Crippen molar-refractivity contribution in [2.75, 3.05) is 18.0 Å². The Morgan fingerprint density at radius 3 is 2.12 bits per heavy atom. The fraction of sp³-hybridized carbons (Fsp3) is 0.375. The summed E-state index contributed by atoms with van der Waals surface area (Å²) in [5, 5.41) is 13.2. The molecule has 5 rings (SSSR count). The second-order valence-electron chi connectivity index (χ2n) is 9.65. The highest BCUT2D eigenvalue weighted by molar-refractivity contribution is 7.17. The minimum Gasteiger partial charge on any atom is -0.477 e. The first kappa shape index (κ1) is 28.6. The molecule has 3 N–H and O–H groups in total. The second kappa shape index (κ2) is 9.84. The van der Waals surface area contributed by atoms with Crippen molar-refractivity contribution in [3.63, 3.8) is 0 Å². The number of fused-ring (bicyclic) bond motifs is 1. The number of nitrogens with zero attached hydrogens (tertiary/aromatic N) is 2. The Balaban J connectivity index is 1.31. The van der Waals surface area contributed by atoms with Gasteiger partial charge in [-0.2, -0.15) is 26.3 Å². The first-order valence-corrected chi connectivity index (χ1v) is 13.2. The van der Waals surface area contributed by atoms with Gasteiger partial charge in [-0.3, -0.25) is 4.79 Å². The molecule has 0 spiro atoms. The van der Waals surface area contributed by atoms with Crippen LogP contribution >= 0.6 is 34.5 Å². The van der Waals surface area contributed by atoms with E-state index < -0.39 is 41.8 Å². The van der Waals surface area contributed by atoms with E-state index in [1.165, 1.54) is 0 Å². The van der Waals surface area contributed by atoms with E-state index in [-0.39, 0.29) is 60.9 Å². The van der Waals surface area contributed by atoms with Crippen molar-refractivity contribution in [2.45, 2.75) is 31.7 Å². The lowest BCUT2D eigenvalue weighted by Gasteiger charge is -2.19. The van der Waals surface area contributed by atoms with E-state index in [4.69, 9.17) is 23.2 Å². The van der Waals surface area contributed by atoms with Crippen molar-refractivity contribution in [1.29, 1.82) is 0 Å². The molecule has 214 valence electrons. The number of H-pyrrole nitrogens is 1. The Hall–Kier alpha value is -2.97. The van der Waals surface area contributed by atoms with Crippen molar-refractivity contribution in [1.82, 2.24) is 15.3 Å². The number of thiazole rings is 1. The van der Waals surface area contributed by atoms with E-state index in [9.17, 15) is 41.0 Å². The molecule has 2 aliphatic rings. The van der Waals surface area contributed by atoms with Crippen LogP contribution in [0.1, 0.15) is 48.2 Å². The molecule has 7 nitrogen and oxygen atoms in total. The number of anilines is 1. The lowest BCUT2D eigenvalue weighted by Crippen LogP contribution is -2.34. The molecule has 1 aliphatic carbocycles. The highest BCUT2D eigenvalue weighted by Gasteiger charge is 2.57. The molecule has 2 fully saturated rings. The quantitative estimate of drug-likeness (QED) is 0.280. The summed E-state index contributed by atoms with van der Waals surface area (Å²) < 4.78 is 79.5. The van der Waals surface area contributed by atoms with Crippen LogP contribution in [0.5, 0.6) is 0 Å². The van der Waals surface area contributed by atoms with Gasteiger partial charge in [-0.05, 0) is 30.7 Å². The maximum atomic E-state index is 13.3. The normalized spacial score (nSPS) is 20.5. The molecule has 3 heterocycles. The minimum absolute atomic E-state index is 0.0132. The minimum atomic E-state index is -5.03. The van der Waals surface area contributed by atoms with Gasteiger partial charge in [-0.15, -0.1) is 0 Å². The lowest BCUT2D eigenvalue weighted by atomic mass is 10.0. The van der Waals surface area contributed by atoms with Crippen LogP contribution in [0.15, 0.2) is 18.2 Å². The standard InChI is InChI=1S/C24H18Cl2F6N4O3S/c1-8-15(25)16(26)18(33-8)20(37)35-17-12-6-36(7-13(12)17)22-34-14(19(40-22)21(38)39)4-9-2-10(23(27,28)29)5-11(3-9)24(30,31)32/h2-3,5,12-13,17,33H,4,6-7H2,1H3,(H,35,37)(H,38,39)/t12-,13+,17?. The number of aryl methyl sites for hydroxylation is 1. The number of halogens is 8. The van der Waals surface area contributed by atoms with Crippen molar-refractivity contribution in [3.05, 3.63) is 66.9 Å². The van der Waals surface area contributed by atoms with Gasteiger partial charge in [0.1, 0.15) is 10.6 Å². The van der Waals surface area contributed by atoms with E-state index in [2.05, 4.69) is 15.3 Å². The Kier molecular flexibility index (Phi) is 7.02. The molecule has 3 atom stereocenters. The number of piperidine rings is 1. The summed E-state index contributed by atoms with van der Waals surface area (Å²) in [6.07, 6.45) is -10.6. The van der Waals surface area contributed by atoms with Crippen LogP contribution in [0, 0.1) is 18.8 Å². The Labute approximate surface area is 236 Å². The topological polar surface area (TPSA) is 98.3 Å². The number of hydrogen-bond donors (Lipinski definition) is 3. The average Bonchev–Trinajstić information content (AvgIpc) is 3.21. The SMILES string of the molecule is Cc1[nH]c(C(=O)NC2[C@H]3CN(c4nc(Cc5cc(C(F)(F)F)cc(C(F)(F)F)c5)c(C(=O)O)s4)C[C@@H]23)c(Cl)c1Cl. The molecule has 3 aromatic rings. The molecule has 1 aliphatic heterocycles. The number of hydrogen-bond acceptors (Lipinski definition) is 5. The molecule has 1 unspecified atom stereocenters. The smallest absolute Gasteiger partial charge is 0.416 e. The zero-order chi connectivity index (χ0) is 29.3. The lowest BCUT2D eigenvalue weighted by molar-refractivity contribution is -0.143. The molecule has 1 amide bonds. The molecule has 0 bridgehead atoms. The zero-order valence-electron chi connectivity index (χ0n) is 20.2. The van der Waals surface area contributed by atoms with Gasteiger partial charge in [0, 0.05) is 43.1 Å². The molecule has 2 aromatic heterocycles. The van der Waals surface area contributed by atoms with Crippen LogP contribution in [0.4, 0.5) is 31.5 Å². The van der Waals surface area contributed by atoms with Crippen LogP contribution in [-0.2, 0) is 18.8 Å². The fourth-order valence-corrected chi connectivity index (χ4v) is 6.28. The van der Waals surface area contributed by atoms with Crippen LogP contribution < -0.4 is 10.2 Å². The van der Waals surface area contributed by atoms with E-state index in [1.807, 2.05) is 0 Å². The molecule has 1 saturated carbocycles. The van der Waals surface area contributed by atoms with E-state index in [0.29, 0.717) is 30.9 Å².